The van der Waals surface area contributed by atoms with E-state index >= 15 is 0 Å². The minimum atomic E-state index is -3.55. The summed E-state index contributed by atoms with van der Waals surface area (Å²) in [6.07, 6.45) is 0. The summed E-state index contributed by atoms with van der Waals surface area (Å²) in [5.74, 6) is -1.46. The van der Waals surface area contributed by atoms with Crippen LogP contribution in [-0.4, -0.2) is 38.5 Å². The van der Waals surface area contributed by atoms with Gasteiger partial charge in [-0.25, -0.2) is 13.2 Å². The molecule has 1 aromatic carbocycles. The smallest absolute Gasteiger partial charge is 0.337 e. The minimum absolute atomic E-state index is 0.00579. The van der Waals surface area contributed by atoms with Crippen molar-refractivity contribution in [3.05, 3.63) is 28.8 Å². The summed E-state index contributed by atoms with van der Waals surface area (Å²) in [7, 11) is -3.55. The molecule has 0 amide bonds. The number of sulfone groups is 1. The van der Waals surface area contributed by atoms with Crippen molar-refractivity contribution >= 4 is 27.4 Å². The van der Waals surface area contributed by atoms with Gasteiger partial charge in [0.25, 0.3) is 0 Å². The maximum Gasteiger partial charge on any atom is 0.337 e. The van der Waals surface area contributed by atoms with Gasteiger partial charge in [-0.15, -0.1) is 0 Å². The molecule has 0 radical (unpaired) electrons. The summed E-state index contributed by atoms with van der Waals surface area (Å²) in [5.41, 5.74) is -0.228. The lowest BCUT2D eigenvalue weighted by Gasteiger charge is -2.06. The zero-order valence-electron chi connectivity index (χ0n) is 9.72. The molecule has 0 saturated carbocycles. The van der Waals surface area contributed by atoms with Crippen LogP contribution in [-0.2, 0) is 14.6 Å². The van der Waals surface area contributed by atoms with Crippen molar-refractivity contribution in [3.8, 4) is 0 Å². The fourth-order valence-electron chi connectivity index (χ4n) is 1.29. The number of hydrogen-bond acceptors (Lipinski definition) is 4. The van der Waals surface area contributed by atoms with Crippen molar-refractivity contribution in [3.63, 3.8) is 0 Å². The Hall–Kier alpha value is -1.11. The molecule has 0 spiro atoms. The van der Waals surface area contributed by atoms with Crippen LogP contribution in [0.2, 0.25) is 5.02 Å². The van der Waals surface area contributed by atoms with Gasteiger partial charge in [0.1, 0.15) is 0 Å². The molecule has 0 bridgehead atoms. The summed E-state index contributed by atoms with van der Waals surface area (Å²) in [4.78, 5) is 10.8. The standard InChI is InChI=1S/C11H13ClO5S/c1-2-17-5-6-18(15,16)8-3-4-10(12)9(7-8)11(13)14/h3-4,7H,2,5-6H2,1H3,(H,13,14). The van der Waals surface area contributed by atoms with Crippen LogP contribution in [0.4, 0.5) is 0 Å². The van der Waals surface area contributed by atoms with Gasteiger partial charge in [0, 0.05) is 6.61 Å². The molecule has 18 heavy (non-hydrogen) atoms. The van der Waals surface area contributed by atoms with Crippen LogP contribution >= 0.6 is 11.6 Å². The Bertz CT molecular complexity index is 538. The molecule has 0 aliphatic carbocycles. The van der Waals surface area contributed by atoms with Crippen molar-refractivity contribution in [2.24, 2.45) is 0 Å². The second-order valence-electron chi connectivity index (χ2n) is 3.46. The molecular weight excluding hydrogens is 280 g/mol. The van der Waals surface area contributed by atoms with Gasteiger partial charge >= 0.3 is 5.97 Å². The van der Waals surface area contributed by atoms with E-state index < -0.39 is 15.8 Å². The highest BCUT2D eigenvalue weighted by Crippen LogP contribution is 2.21. The first-order valence-corrected chi connectivity index (χ1v) is 7.25. The predicted octanol–water partition coefficient (Wildman–Crippen LogP) is 1.85. The van der Waals surface area contributed by atoms with E-state index in [1.54, 1.807) is 6.92 Å². The first-order chi connectivity index (χ1) is 8.38. The van der Waals surface area contributed by atoms with E-state index in [1.807, 2.05) is 0 Å². The summed E-state index contributed by atoms with van der Waals surface area (Å²) < 4.78 is 28.7. The predicted molar refractivity (Wildman–Crippen MR) is 67.0 cm³/mol. The van der Waals surface area contributed by atoms with E-state index in [2.05, 4.69) is 0 Å². The molecule has 0 aliphatic rings. The van der Waals surface area contributed by atoms with Gasteiger partial charge in [0.2, 0.25) is 0 Å². The number of carboxylic acids is 1. The molecule has 0 saturated heterocycles. The second kappa shape index (κ2) is 6.17. The van der Waals surface area contributed by atoms with Crippen LogP contribution in [0, 0.1) is 0 Å². The lowest BCUT2D eigenvalue weighted by Crippen LogP contribution is -2.13. The molecule has 0 atom stereocenters. The number of hydrogen-bond donors (Lipinski definition) is 1. The van der Waals surface area contributed by atoms with Gasteiger partial charge in [-0.1, -0.05) is 11.6 Å². The Morgan fingerprint density at radius 2 is 2.11 bits per heavy atom. The van der Waals surface area contributed by atoms with Crippen LogP contribution in [0.15, 0.2) is 23.1 Å². The number of benzene rings is 1. The van der Waals surface area contributed by atoms with E-state index in [4.69, 9.17) is 21.4 Å². The normalized spacial score (nSPS) is 11.4. The Morgan fingerprint density at radius 3 is 2.67 bits per heavy atom. The quantitative estimate of drug-likeness (QED) is 0.809. The van der Waals surface area contributed by atoms with Gasteiger partial charge < -0.3 is 9.84 Å². The monoisotopic (exact) mass is 292 g/mol. The fourth-order valence-corrected chi connectivity index (χ4v) is 2.64. The molecule has 5 nitrogen and oxygen atoms in total. The summed E-state index contributed by atoms with van der Waals surface area (Å²) in [5, 5.41) is 8.87. The van der Waals surface area contributed by atoms with Crippen molar-refractivity contribution in [1.82, 2.24) is 0 Å². The number of aromatic carboxylic acids is 1. The number of carbonyl (C=O) groups is 1. The topological polar surface area (TPSA) is 80.7 Å². The number of rotatable bonds is 6. The highest BCUT2D eigenvalue weighted by molar-refractivity contribution is 7.91. The molecular formula is C11H13ClO5S. The van der Waals surface area contributed by atoms with Crippen LogP contribution in [0.1, 0.15) is 17.3 Å². The Labute approximate surface area is 110 Å². The molecule has 0 aliphatic heterocycles. The first kappa shape index (κ1) is 14.9. The van der Waals surface area contributed by atoms with E-state index in [0.717, 1.165) is 6.07 Å². The Kier molecular flexibility index (Phi) is 5.13. The van der Waals surface area contributed by atoms with E-state index in [-0.39, 0.29) is 27.8 Å². The summed E-state index contributed by atoms with van der Waals surface area (Å²) in [6, 6.07) is 3.61. The van der Waals surface area contributed by atoms with Gasteiger partial charge in [-0.3, -0.25) is 0 Å². The van der Waals surface area contributed by atoms with E-state index in [1.165, 1.54) is 12.1 Å². The highest BCUT2D eigenvalue weighted by Gasteiger charge is 2.18. The maximum absolute atomic E-state index is 11.9. The van der Waals surface area contributed by atoms with Gasteiger partial charge in [0.05, 0.1) is 27.8 Å². The lowest BCUT2D eigenvalue weighted by molar-refractivity contribution is 0.0697. The molecule has 0 aromatic heterocycles. The van der Waals surface area contributed by atoms with E-state index in [9.17, 15) is 13.2 Å². The fraction of sp³-hybridized carbons (Fsp3) is 0.364. The number of ether oxygens (including phenoxy) is 1. The lowest BCUT2D eigenvalue weighted by atomic mass is 10.2. The van der Waals surface area contributed by atoms with Gasteiger partial charge in [0.15, 0.2) is 9.84 Å². The zero-order valence-corrected chi connectivity index (χ0v) is 11.3. The third kappa shape index (κ3) is 3.69. The second-order valence-corrected chi connectivity index (χ2v) is 5.98. The van der Waals surface area contributed by atoms with Crippen molar-refractivity contribution < 1.29 is 23.1 Å². The Balaban J connectivity index is 3.02. The molecule has 0 fully saturated rings. The van der Waals surface area contributed by atoms with Gasteiger partial charge in [-0.05, 0) is 25.1 Å². The summed E-state index contributed by atoms with van der Waals surface area (Å²) >= 11 is 5.67. The number of carboxylic acid groups (broad SMARTS) is 1. The minimum Gasteiger partial charge on any atom is -0.478 e. The van der Waals surface area contributed by atoms with Crippen LogP contribution in [0.3, 0.4) is 0 Å². The maximum atomic E-state index is 11.9. The van der Waals surface area contributed by atoms with E-state index in [0.29, 0.717) is 6.61 Å². The third-order valence-corrected chi connectivity index (χ3v) is 4.23. The van der Waals surface area contributed by atoms with Crippen LogP contribution in [0.5, 0.6) is 0 Å². The molecule has 0 heterocycles. The first-order valence-electron chi connectivity index (χ1n) is 5.22. The zero-order chi connectivity index (χ0) is 13.8. The van der Waals surface area contributed by atoms with Crippen LogP contribution in [0.25, 0.3) is 0 Å². The van der Waals surface area contributed by atoms with Crippen LogP contribution < -0.4 is 0 Å². The SMILES string of the molecule is CCOCCS(=O)(=O)c1ccc(Cl)c(C(=O)O)c1. The molecule has 100 valence electrons. The molecule has 1 rings (SSSR count). The summed E-state index contributed by atoms with van der Waals surface area (Å²) in [6.45, 7) is 2.26. The largest absolute Gasteiger partial charge is 0.478 e. The molecule has 0 unspecified atom stereocenters. The molecule has 7 heteroatoms. The average Bonchev–Trinajstić information content (AvgIpc) is 2.29. The van der Waals surface area contributed by atoms with Crippen molar-refractivity contribution in [2.45, 2.75) is 11.8 Å². The molecule has 1 N–H and O–H groups in total. The highest BCUT2D eigenvalue weighted by atomic mass is 35.5. The van der Waals surface area contributed by atoms with Crippen molar-refractivity contribution in [1.29, 1.82) is 0 Å². The Morgan fingerprint density at radius 1 is 1.44 bits per heavy atom. The van der Waals surface area contributed by atoms with Crippen molar-refractivity contribution in [2.75, 3.05) is 19.0 Å². The molecule has 1 aromatic rings. The number of halogens is 1. The third-order valence-electron chi connectivity index (χ3n) is 2.23. The average molecular weight is 293 g/mol. The van der Waals surface area contributed by atoms with Gasteiger partial charge in [-0.2, -0.15) is 0 Å².